The lowest BCUT2D eigenvalue weighted by molar-refractivity contribution is -0.130. The summed E-state index contributed by atoms with van der Waals surface area (Å²) in [6.07, 6.45) is 1.33. The smallest absolute Gasteiger partial charge is 0.230 e. The highest BCUT2D eigenvalue weighted by atomic mass is 35.5. The van der Waals surface area contributed by atoms with Crippen LogP contribution < -0.4 is 10.6 Å². The molecule has 0 aliphatic carbocycles. The number of likely N-dealkylation sites (N-methyl/N-ethyl adjacent to an activating group) is 1. The van der Waals surface area contributed by atoms with Crippen molar-refractivity contribution in [3.05, 3.63) is 34.9 Å². The van der Waals surface area contributed by atoms with E-state index in [1.165, 1.54) is 0 Å². The fraction of sp³-hybridized carbons (Fsp3) is 0.588. The van der Waals surface area contributed by atoms with Gasteiger partial charge in [-0.1, -0.05) is 36.7 Å². The Morgan fingerprint density at radius 1 is 1.35 bits per heavy atom. The van der Waals surface area contributed by atoms with Gasteiger partial charge in [0.05, 0.1) is 5.41 Å². The summed E-state index contributed by atoms with van der Waals surface area (Å²) in [6, 6.07) is 7.89. The van der Waals surface area contributed by atoms with Crippen molar-refractivity contribution < 1.29 is 9.53 Å². The highest BCUT2D eigenvalue weighted by Gasteiger charge is 2.42. The van der Waals surface area contributed by atoms with Crippen molar-refractivity contribution >= 4 is 29.9 Å². The molecular formula is C17H26Cl2N2O2. The molecule has 1 atom stereocenters. The third-order valence-corrected chi connectivity index (χ3v) is 4.62. The Morgan fingerprint density at radius 2 is 2.00 bits per heavy atom. The van der Waals surface area contributed by atoms with E-state index in [4.69, 9.17) is 16.3 Å². The van der Waals surface area contributed by atoms with E-state index >= 15 is 0 Å². The molecule has 2 rings (SSSR count). The highest BCUT2D eigenvalue weighted by molar-refractivity contribution is 6.31. The number of carbonyl (C=O) groups is 1. The van der Waals surface area contributed by atoms with Crippen LogP contribution in [-0.4, -0.2) is 38.3 Å². The molecular weight excluding hydrogens is 335 g/mol. The van der Waals surface area contributed by atoms with E-state index in [2.05, 4.69) is 24.5 Å². The summed E-state index contributed by atoms with van der Waals surface area (Å²) >= 11 is 6.37. The minimum atomic E-state index is -0.581. The highest BCUT2D eigenvalue weighted by Crippen LogP contribution is 2.38. The molecule has 0 aromatic heterocycles. The van der Waals surface area contributed by atoms with E-state index in [9.17, 15) is 4.79 Å². The van der Waals surface area contributed by atoms with Crippen LogP contribution >= 0.6 is 24.0 Å². The van der Waals surface area contributed by atoms with Gasteiger partial charge in [-0.25, -0.2) is 0 Å². The maximum absolute atomic E-state index is 12.9. The van der Waals surface area contributed by atoms with Crippen molar-refractivity contribution in [2.75, 3.05) is 26.3 Å². The zero-order valence-corrected chi connectivity index (χ0v) is 15.3. The third-order valence-electron chi connectivity index (χ3n) is 4.29. The molecule has 1 fully saturated rings. The summed E-state index contributed by atoms with van der Waals surface area (Å²) in [5.41, 5.74) is 0.330. The quantitative estimate of drug-likeness (QED) is 0.819. The molecule has 1 aromatic rings. The summed E-state index contributed by atoms with van der Waals surface area (Å²) in [5, 5.41) is 7.04. The van der Waals surface area contributed by atoms with E-state index in [1.54, 1.807) is 0 Å². The number of halogens is 2. The van der Waals surface area contributed by atoms with Crippen LogP contribution in [0.4, 0.5) is 0 Å². The second-order valence-corrected chi connectivity index (χ2v) is 6.25. The van der Waals surface area contributed by atoms with Gasteiger partial charge in [0.25, 0.3) is 0 Å². The summed E-state index contributed by atoms with van der Waals surface area (Å²) < 4.78 is 5.47. The molecule has 4 nitrogen and oxygen atoms in total. The number of hydrogen-bond donors (Lipinski definition) is 2. The SMILES string of the molecule is CCN[C@H](C)CNC(=O)C1(c2ccccc2Cl)CCOCC1.Cl. The monoisotopic (exact) mass is 360 g/mol. The first-order valence-electron chi connectivity index (χ1n) is 7.94. The molecule has 1 amide bonds. The van der Waals surface area contributed by atoms with Gasteiger partial charge in [-0.2, -0.15) is 0 Å². The molecule has 1 heterocycles. The van der Waals surface area contributed by atoms with Gasteiger partial charge in [0.15, 0.2) is 0 Å². The van der Waals surface area contributed by atoms with E-state index in [1.807, 2.05) is 24.3 Å². The Labute approximate surface area is 149 Å². The van der Waals surface area contributed by atoms with Gasteiger partial charge in [0, 0.05) is 30.8 Å². The van der Waals surface area contributed by atoms with Crippen LogP contribution in [-0.2, 0) is 14.9 Å². The average molecular weight is 361 g/mol. The maximum atomic E-state index is 12.9. The van der Waals surface area contributed by atoms with E-state index in [0.717, 1.165) is 12.1 Å². The van der Waals surface area contributed by atoms with Crippen molar-refractivity contribution in [2.45, 2.75) is 38.1 Å². The van der Waals surface area contributed by atoms with Crippen molar-refractivity contribution in [2.24, 2.45) is 0 Å². The predicted molar refractivity (Wildman–Crippen MR) is 96.6 cm³/mol. The summed E-state index contributed by atoms with van der Waals surface area (Å²) in [4.78, 5) is 12.9. The van der Waals surface area contributed by atoms with E-state index in [0.29, 0.717) is 37.6 Å². The van der Waals surface area contributed by atoms with Gasteiger partial charge in [0.1, 0.15) is 0 Å². The van der Waals surface area contributed by atoms with Crippen LogP contribution in [0.1, 0.15) is 32.3 Å². The molecule has 0 radical (unpaired) electrons. The predicted octanol–water partition coefficient (Wildman–Crippen LogP) is 2.92. The van der Waals surface area contributed by atoms with Gasteiger partial charge in [-0.15, -0.1) is 12.4 Å². The molecule has 0 unspecified atom stereocenters. The zero-order chi connectivity index (χ0) is 16.0. The van der Waals surface area contributed by atoms with E-state index in [-0.39, 0.29) is 24.4 Å². The first kappa shape index (κ1) is 20.2. The van der Waals surface area contributed by atoms with Crippen molar-refractivity contribution in [3.8, 4) is 0 Å². The average Bonchev–Trinajstić information content (AvgIpc) is 2.54. The molecule has 1 saturated heterocycles. The summed E-state index contributed by atoms with van der Waals surface area (Å²) in [5.74, 6) is 0.0497. The number of nitrogens with one attached hydrogen (secondary N) is 2. The molecule has 1 aliphatic heterocycles. The van der Waals surface area contributed by atoms with Crippen LogP contribution in [0.3, 0.4) is 0 Å². The largest absolute Gasteiger partial charge is 0.381 e. The minimum Gasteiger partial charge on any atom is -0.381 e. The van der Waals surface area contributed by atoms with Crippen LogP contribution in [0.5, 0.6) is 0 Å². The first-order chi connectivity index (χ1) is 10.6. The van der Waals surface area contributed by atoms with Gasteiger partial charge in [0.2, 0.25) is 5.91 Å². The minimum absolute atomic E-state index is 0. The fourth-order valence-corrected chi connectivity index (χ4v) is 3.34. The van der Waals surface area contributed by atoms with Crippen molar-refractivity contribution in [1.29, 1.82) is 0 Å². The third kappa shape index (κ3) is 4.83. The summed E-state index contributed by atoms with van der Waals surface area (Å²) in [7, 11) is 0. The standard InChI is InChI=1S/C17H25ClN2O2.ClH/c1-3-19-13(2)12-20-16(21)17(8-10-22-11-9-17)14-6-4-5-7-15(14)18;/h4-7,13,19H,3,8-12H2,1-2H3,(H,20,21);1H/t13-;/m1./s1. The lowest BCUT2D eigenvalue weighted by atomic mass is 9.73. The Morgan fingerprint density at radius 3 is 2.61 bits per heavy atom. The van der Waals surface area contributed by atoms with E-state index < -0.39 is 5.41 Å². The molecule has 23 heavy (non-hydrogen) atoms. The van der Waals surface area contributed by atoms with Crippen molar-refractivity contribution in [1.82, 2.24) is 10.6 Å². The Balaban J connectivity index is 0.00000264. The Kier molecular flexibility index (Phi) is 8.34. The van der Waals surface area contributed by atoms with Crippen LogP contribution in [0.15, 0.2) is 24.3 Å². The van der Waals surface area contributed by atoms with Crippen LogP contribution in [0.2, 0.25) is 5.02 Å². The normalized spacial score (nSPS) is 17.9. The van der Waals surface area contributed by atoms with Crippen LogP contribution in [0.25, 0.3) is 0 Å². The van der Waals surface area contributed by atoms with Gasteiger partial charge in [-0.05, 0) is 37.9 Å². The number of amides is 1. The second-order valence-electron chi connectivity index (χ2n) is 5.84. The number of ether oxygens (including phenoxy) is 1. The maximum Gasteiger partial charge on any atom is 0.230 e. The lowest BCUT2D eigenvalue weighted by Crippen LogP contribution is -2.50. The van der Waals surface area contributed by atoms with Crippen molar-refractivity contribution in [3.63, 3.8) is 0 Å². The van der Waals surface area contributed by atoms with Gasteiger partial charge < -0.3 is 15.4 Å². The Hall–Kier alpha value is -0.810. The molecule has 6 heteroatoms. The fourth-order valence-electron chi connectivity index (χ4n) is 3.02. The number of carbonyl (C=O) groups excluding carboxylic acids is 1. The molecule has 1 aromatic carbocycles. The van der Waals surface area contributed by atoms with Gasteiger partial charge in [-0.3, -0.25) is 4.79 Å². The Bertz CT molecular complexity index is 505. The molecule has 0 bridgehead atoms. The second kappa shape index (κ2) is 9.48. The number of hydrogen-bond acceptors (Lipinski definition) is 3. The van der Waals surface area contributed by atoms with Crippen LogP contribution in [0, 0.1) is 0 Å². The van der Waals surface area contributed by atoms with Gasteiger partial charge >= 0.3 is 0 Å². The number of benzene rings is 1. The molecule has 2 N–H and O–H groups in total. The lowest BCUT2D eigenvalue weighted by Gasteiger charge is -2.37. The molecule has 130 valence electrons. The summed E-state index contributed by atoms with van der Waals surface area (Å²) in [6.45, 7) is 6.79. The number of rotatable bonds is 6. The molecule has 1 aliphatic rings. The zero-order valence-electron chi connectivity index (χ0n) is 13.7. The topological polar surface area (TPSA) is 50.4 Å². The molecule has 0 saturated carbocycles. The first-order valence-corrected chi connectivity index (χ1v) is 8.32. The molecule has 0 spiro atoms.